The van der Waals surface area contributed by atoms with Gasteiger partial charge in [0.05, 0.1) is 0 Å². The molecule has 0 heterocycles. The fraction of sp³-hybridized carbons (Fsp3) is 0.111. The molecule has 0 aliphatic carbocycles. The van der Waals surface area contributed by atoms with Crippen LogP contribution in [0.5, 0.6) is 0 Å². The van der Waals surface area contributed by atoms with E-state index in [9.17, 15) is 0 Å². The van der Waals surface area contributed by atoms with Gasteiger partial charge in [-0.3, -0.25) is 0 Å². The van der Waals surface area contributed by atoms with Crippen molar-refractivity contribution in [2.75, 3.05) is 0 Å². The van der Waals surface area contributed by atoms with Gasteiger partial charge in [0.2, 0.25) is 0 Å². The van der Waals surface area contributed by atoms with E-state index in [0.717, 1.165) is 5.56 Å². The molecule has 0 aromatic heterocycles. The molecule has 1 radical (unpaired) electrons. The van der Waals surface area contributed by atoms with E-state index in [1.807, 2.05) is 13.0 Å². The zero-order chi connectivity index (χ0) is 11.4. The molecule has 0 bridgehead atoms. The third kappa shape index (κ3) is 3.84. The molecule has 0 atom stereocenters. The van der Waals surface area contributed by atoms with Crippen molar-refractivity contribution >= 4 is 49.7 Å². The van der Waals surface area contributed by atoms with Crippen LogP contribution in [0.15, 0.2) is 28.4 Å². The van der Waals surface area contributed by atoms with Crippen molar-refractivity contribution in [3.05, 3.63) is 33.8 Å². The first kappa shape index (κ1) is 12.5. The van der Waals surface area contributed by atoms with Crippen LogP contribution >= 0.6 is 23.2 Å². The van der Waals surface area contributed by atoms with Gasteiger partial charge in [-0.2, -0.15) is 0 Å². The van der Waals surface area contributed by atoms with Gasteiger partial charge >= 0.3 is 106 Å². The van der Waals surface area contributed by atoms with Crippen molar-refractivity contribution in [1.82, 2.24) is 0 Å². The number of rotatable bonds is 2. The average molecular weight is 308 g/mol. The van der Waals surface area contributed by atoms with Crippen LogP contribution < -0.4 is 5.73 Å². The molecule has 0 fully saturated rings. The molecule has 0 unspecified atom stereocenters. The minimum atomic E-state index is 0.286. The predicted octanol–water partition coefficient (Wildman–Crippen LogP) is 2.20. The number of hydrogen-bond donors (Lipinski definition) is 1. The molecular formula is C9H8Cl2N3Se. The molecule has 1 aromatic rings. The van der Waals surface area contributed by atoms with Crippen LogP contribution in [-0.4, -0.2) is 26.5 Å². The molecule has 1 aromatic carbocycles. The van der Waals surface area contributed by atoms with Crippen LogP contribution in [0.2, 0.25) is 10.0 Å². The standard InChI is InChI=1S/C9H8Cl2N3Se/c1-5(13-14-9(12)15)6-2-3-7(10)8(11)4-6/h2-4H,1H3,(H2,12,14)/b13-5+. The Labute approximate surface area is 106 Å². The number of halogens is 2. The first-order valence-corrected chi connectivity index (χ1v) is 5.62. The Morgan fingerprint density at radius 3 is 2.47 bits per heavy atom. The van der Waals surface area contributed by atoms with Crippen LogP contribution in [0.1, 0.15) is 12.5 Å². The van der Waals surface area contributed by atoms with E-state index in [1.165, 1.54) is 0 Å². The zero-order valence-corrected chi connectivity index (χ0v) is 11.1. The van der Waals surface area contributed by atoms with E-state index < -0.39 is 0 Å². The monoisotopic (exact) mass is 308 g/mol. The van der Waals surface area contributed by atoms with Crippen LogP contribution in [0.4, 0.5) is 0 Å². The summed E-state index contributed by atoms with van der Waals surface area (Å²) in [6.07, 6.45) is 0. The summed E-state index contributed by atoms with van der Waals surface area (Å²) in [7, 11) is 0. The van der Waals surface area contributed by atoms with Crippen molar-refractivity contribution in [2.45, 2.75) is 6.92 Å². The molecule has 0 saturated heterocycles. The second-order valence-corrected chi connectivity index (χ2v) is 4.44. The van der Waals surface area contributed by atoms with Crippen molar-refractivity contribution in [3.63, 3.8) is 0 Å². The van der Waals surface area contributed by atoms with Gasteiger partial charge in [0.15, 0.2) is 0 Å². The molecule has 0 spiro atoms. The van der Waals surface area contributed by atoms with Gasteiger partial charge in [0.25, 0.3) is 0 Å². The number of hydrogen-bond acceptors (Lipinski definition) is 2. The van der Waals surface area contributed by atoms with Gasteiger partial charge in [0.1, 0.15) is 0 Å². The van der Waals surface area contributed by atoms with Crippen molar-refractivity contribution in [2.24, 2.45) is 15.9 Å². The summed E-state index contributed by atoms with van der Waals surface area (Å²) in [5, 5.41) is 8.62. The van der Waals surface area contributed by atoms with Crippen LogP contribution in [0.25, 0.3) is 0 Å². The quantitative estimate of drug-likeness (QED) is 0.387. The van der Waals surface area contributed by atoms with E-state index >= 15 is 0 Å². The molecule has 0 saturated carbocycles. The van der Waals surface area contributed by atoms with Crippen LogP contribution in [0.3, 0.4) is 0 Å². The molecule has 0 aliphatic rings. The summed E-state index contributed by atoms with van der Waals surface area (Å²) in [4.78, 5) is 0. The van der Waals surface area contributed by atoms with Gasteiger partial charge in [-0.05, 0) is 0 Å². The summed E-state index contributed by atoms with van der Waals surface area (Å²) in [5.41, 5.74) is 6.88. The van der Waals surface area contributed by atoms with Crippen molar-refractivity contribution < 1.29 is 0 Å². The summed E-state index contributed by atoms with van der Waals surface area (Å²) in [6.45, 7) is 1.81. The molecule has 15 heavy (non-hydrogen) atoms. The van der Waals surface area contributed by atoms with Crippen molar-refractivity contribution in [1.29, 1.82) is 0 Å². The summed E-state index contributed by atoms with van der Waals surface area (Å²) in [6, 6.07) is 5.26. The van der Waals surface area contributed by atoms with Gasteiger partial charge in [-0.25, -0.2) is 0 Å². The third-order valence-electron chi connectivity index (χ3n) is 1.64. The van der Waals surface area contributed by atoms with Gasteiger partial charge in [-0.1, -0.05) is 0 Å². The molecule has 0 aliphatic heterocycles. The van der Waals surface area contributed by atoms with E-state index in [4.69, 9.17) is 28.9 Å². The Morgan fingerprint density at radius 1 is 1.27 bits per heavy atom. The second-order valence-electron chi connectivity index (χ2n) is 2.75. The second kappa shape index (κ2) is 5.52. The fourth-order valence-electron chi connectivity index (χ4n) is 0.903. The Kier molecular flexibility index (Phi) is 4.61. The third-order valence-corrected chi connectivity index (χ3v) is 2.55. The van der Waals surface area contributed by atoms with E-state index in [-0.39, 0.29) is 4.73 Å². The van der Waals surface area contributed by atoms with E-state index in [1.54, 1.807) is 12.1 Å². The Morgan fingerprint density at radius 2 is 1.93 bits per heavy atom. The molecule has 79 valence electrons. The Hall–Kier alpha value is -0.541. The topological polar surface area (TPSA) is 50.7 Å². The first-order chi connectivity index (χ1) is 7.00. The molecule has 3 nitrogen and oxygen atoms in total. The number of benzene rings is 1. The molecular weight excluding hydrogens is 300 g/mol. The first-order valence-electron chi connectivity index (χ1n) is 4.01. The number of nitrogens with zero attached hydrogens (tertiary/aromatic N) is 2. The number of nitrogens with two attached hydrogens (primary N) is 1. The predicted molar refractivity (Wildman–Crippen MR) is 66.0 cm³/mol. The SMILES string of the molecule is C/C(=N\N=C(N)[Se])c1ccc(Cl)c(Cl)c1. The minimum absolute atomic E-state index is 0.286. The summed E-state index contributed by atoms with van der Waals surface area (Å²) < 4.78 is 0.286. The summed E-state index contributed by atoms with van der Waals surface area (Å²) >= 11 is 14.2. The van der Waals surface area contributed by atoms with Gasteiger partial charge in [0, 0.05) is 0 Å². The van der Waals surface area contributed by atoms with Crippen molar-refractivity contribution in [3.8, 4) is 0 Å². The Balaban J connectivity index is 3.02. The maximum absolute atomic E-state index is 5.87. The normalized spacial score (nSPS) is 13.0. The van der Waals surface area contributed by atoms with Crippen LogP contribution in [0, 0.1) is 0 Å². The summed E-state index contributed by atoms with van der Waals surface area (Å²) in [5.74, 6) is 0. The zero-order valence-electron chi connectivity index (χ0n) is 7.87. The van der Waals surface area contributed by atoms with E-state index in [2.05, 4.69) is 26.2 Å². The molecule has 0 amide bonds. The Bertz CT molecular complexity index is 425. The van der Waals surface area contributed by atoms with Crippen LogP contribution in [-0.2, 0) is 0 Å². The van der Waals surface area contributed by atoms with Gasteiger partial charge in [-0.15, -0.1) is 0 Å². The molecule has 2 N–H and O–H groups in total. The average Bonchev–Trinajstić information content (AvgIpc) is 2.18. The molecule has 1 rings (SSSR count). The molecule has 6 heteroatoms. The fourth-order valence-corrected chi connectivity index (χ4v) is 1.29. The maximum atomic E-state index is 5.87. The van der Waals surface area contributed by atoms with Gasteiger partial charge < -0.3 is 0 Å². The number of amidine groups is 1. The van der Waals surface area contributed by atoms with E-state index in [0.29, 0.717) is 15.8 Å².